The Labute approximate surface area is 273 Å². The number of Topliss-reactive ketones (excluding diaryl/α,β-unsaturated/α-hetero) is 1. The highest BCUT2D eigenvalue weighted by atomic mass is 16.2. The lowest BCUT2D eigenvalue weighted by molar-refractivity contribution is -0.145. The molecule has 6 amide bonds. The minimum atomic E-state index is -1.09. The first-order valence-corrected chi connectivity index (χ1v) is 17.1. The van der Waals surface area contributed by atoms with Crippen molar-refractivity contribution in [2.45, 2.75) is 125 Å². The second-order valence-corrected chi connectivity index (χ2v) is 16.8. The first-order chi connectivity index (χ1) is 21.2. The van der Waals surface area contributed by atoms with E-state index in [0.29, 0.717) is 26.1 Å². The molecule has 12 nitrogen and oxygen atoms in total. The molecule has 6 atom stereocenters. The predicted octanol–water partition coefficient (Wildman–Crippen LogP) is 2.34. The lowest BCUT2D eigenvalue weighted by Gasteiger charge is -2.39. The number of carbonyl (C=O) groups is 6. The van der Waals surface area contributed by atoms with Crippen LogP contribution in [0.4, 0.5) is 4.79 Å². The molecule has 0 aromatic carbocycles. The van der Waals surface area contributed by atoms with Crippen molar-refractivity contribution in [2.75, 3.05) is 19.6 Å². The van der Waals surface area contributed by atoms with Gasteiger partial charge in [0.2, 0.25) is 23.5 Å². The minimum absolute atomic E-state index is 0.0750. The molecule has 2 aliphatic carbocycles. The Balaban J connectivity index is 1.53. The molecule has 0 bridgehead atoms. The number of nitrogens with two attached hydrogens (primary N) is 1. The Morgan fingerprint density at radius 2 is 1.35 bits per heavy atom. The van der Waals surface area contributed by atoms with Crippen molar-refractivity contribution >= 4 is 35.4 Å². The average Bonchev–Trinajstić information content (AvgIpc) is 3.26. The molecule has 4 fully saturated rings. The SMILES string of the molecule is CC(C)(C)[C@H](NC(=O)N[C@H](C(=O)N1CC2[C@@H]([C@H]1C(=O)NC(CC1CCC1)C(=O)C(N)=O)C2(C)C)C(C)(C)C)C(=O)N1CCCCC1. The van der Waals surface area contributed by atoms with Crippen LogP contribution >= 0.6 is 0 Å². The van der Waals surface area contributed by atoms with Gasteiger partial charge in [-0.3, -0.25) is 24.0 Å². The number of amides is 6. The Bertz CT molecular complexity index is 1230. The lowest BCUT2D eigenvalue weighted by atomic mass is 9.80. The van der Waals surface area contributed by atoms with E-state index < -0.39 is 64.5 Å². The molecule has 46 heavy (non-hydrogen) atoms. The fraction of sp³-hybridized carbons (Fsp3) is 0.824. The number of hydrogen-bond acceptors (Lipinski definition) is 6. The zero-order chi connectivity index (χ0) is 34.4. The summed E-state index contributed by atoms with van der Waals surface area (Å²) < 4.78 is 0. The molecule has 5 N–H and O–H groups in total. The monoisotopic (exact) mass is 644 g/mol. The van der Waals surface area contributed by atoms with E-state index in [0.717, 1.165) is 38.5 Å². The van der Waals surface area contributed by atoms with Crippen molar-refractivity contribution in [1.82, 2.24) is 25.8 Å². The highest BCUT2D eigenvalue weighted by Gasteiger charge is 2.70. The summed E-state index contributed by atoms with van der Waals surface area (Å²) in [5.41, 5.74) is 3.84. The van der Waals surface area contributed by atoms with Gasteiger partial charge >= 0.3 is 6.03 Å². The van der Waals surface area contributed by atoms with Gasteiger partial charge in [-0.1, -0.05) is 74.7 Å². The minimum Gasteiger partial charge on any atom is -0.363 e. The summed E-state index contributed by atoms with van der Waals surface area (Å²) in [6, 6.07) is -4.34. The van der Waals surface area contributed by atoms with Crippen molar-refractivity contribution in [3.8, 4) is 0 Å². The predicted molar refractivity (Wildman–Crippen MR) is 173 cm³/mol. The molecule has 2 saturated carbocycles. The zero-order valence-corrected chi connectivity index (χ0v) is 29.0. The third-order valence-corrected chi connectivity index (χ3v) is 10.9. The second-order valence-electron chi connectivity index (χ2n) is 16.8. The summed E-state index contributed by atoms with van der Waals surface area (Å²) in [7, 11) is 0. The van der Waals surface area contributed by atoms with Gasteiger partial charge in [-0.25, -0.2) is 4.79 Å². The van der Waals surface area contributed by atoms with Gasteiger partial charge in [-0.05, 0) is 59.7 Å². The Morgan fingerprint density at radius 3 is 1.83 bits per heavy atom. The molecular formula is C34H56N6O6. The van der Waals surface area contributed by atoms with E-state index in [1.165, 1.54) is 4.90 Å². The average molecular weight is 645 g/mol. The van der Waals surface area contributed by atoms with Gasteiger partial charge in [0.05, 0.1) is 6.04 Å². The topological polar surface area (TPSA) is 171 Å². The number of fused-ring (bicyclic) bond motifs is 1. The van der Waals surface area contributed by atoms with E-state index in [-0.39, 0.29) is 29.1 Å². The van der Waals surface area contributed by atoms with Gasteiger partial charge in [0.25, 0.3) is 5.91 Å². The summed E-state index contributed by atoms with van der Waals surface area (Å²) in [6.07, 6.45) is 6.15. The molecule has 0 aromatic heterocycles. The van der Waals surface area contributed by atoms with Gasteiger partial charge in [0, 0.05) is 19.6 Å². The van der Waals surface area contributed by atoms with Crippen molar-refractivity contribution in [3.05, 3.63) is 0 Å². The van der Waals surface area contributed by atoms with Crippen LogP contribution in [-0.4, -0.2) is 89.0 Å². The Hall–Kier alpha value is -3.18. The van der Waals surface area contributed by atoms with Crippen LogP contribution in [0.1, 0.15) is 100 Å². The fourth-order valence-electron chi connectivity index (χ4n) is 7.60. The van der Waals surface area contributed by atoms with Gasteiger partial charge in [0.1, 0.15) is 18.1 Å². The summed E-state index contributed by atoms with van der Waals surface area (Å²) >= 11 is 0. The highest BCUT2D eigenvalue weighted by molar-refractivity contribution is 6.37. The highest BCUT2D eigenvalue weighted by Crippen LogP contribution is 2.65. The van der Waals surface area contributed by atoms with E-state index in [1.54, 1.807) is 4.90 Å². The van der Waals surface area contributed by atoms with Crippen molar-refractivity contribution < 1.29 is 28.8 Å². The van der Waals surface area contributed by atoms with Crippen LogP contribution in [0, 0.1) is 34.0 Å². The standard InChI is InChI=1S/C34H56N6O6/c1-32(2,3)25(29(44)39-15-10-9-11-16-39)37-31(46)38-26(33(4,5)6)30(45)40-18-20-22(34(20,7)8)23(40)28(43)36-21(24(41)27(35)42)17-19-13-12-14-19/h19-23,25-26H,9-18H2,1-8H3,(H2,35,42)(H,36,43)(H2,37,38,46)/t20?,21?,22-,23-,25+,26+/m0/s1. The number of ketones is 1. The second kappa shape index (κ2) is 13.1. The largest absolute Gasteiger partial charge is 0.363 e. The first-order valence-electron chi connectivity index (χ1n) is 17.1. The van der Waals surface area contributed by atoms with Crippen LogP contribution < -0.4 is 21.7 Å². The van der Waals surface area contributed by atoms with Gasteiger partial charge in [0.15, 0.2) is 0 Å². The zero-order valence-electron chi connectivity index (χ0n) is 29.0. The molecule has 4 aliphatic rings. The van der Waals surface area contributed by atoms with E-state index in [2.05, 4.69) is 29.8 Å². The van der Waals surface area contributed by atoms with Crippen LogP contribution in [-0.2, 0) is 24.0 Å². The van der Waals surface area contributed by atoms with Crippen LogP contribution in [0.2, 0.25) is 0 Å². The maximum absolute atomic E-state index is 14.3. The number of rotatable bonds is 10. The smallest absolute Gasteiger partial charge is 0.316 e. The third-order valence-electron chi connectivity index (χ3n) is 10.9. The summed E-state index contributed by atoms with van der Waals surface area (Å²) in [5, 5.41) is 8.53. The van der Waals surface area contributed by atoms with Crippen molar-refractivity contribution in [1.29, 1.82) is 0 Å². The van der Waals surface area contributed by atoms with Crippen LogP contribution in [0.15, 0.2) is 0 Å². The molecular weight excluding hydrogens is 588 g/mol. The quantitative estimate of drug-likeness (QED) is 0.266. The molecule has 2 saturated heterocycles. The molecule has 0 spiro atoms. The van der Waals surface area contributed by atoms with Crippen molar-refractivity contribution in [2.24, 2.45) is 39.7 Å². The molecule has 0 aromatic rings. The summed E-state index contributed by atoms with van der Waals surface area (Å²) in [5.74, 6) is -2.78. The molecule has 4 rings (SSSR count). The lowest BCUT2D eigenvalue weighted by Crippen LogP contribution is -2.63. The van der Waals surface area contributed by atoms with Gasteiger partial charge < -0.3 is 31.5 Å². The van der Waals surface area contributed by atoms with E-state index >= 15 is 0 Å². The van der Waals surface area contributed by atoms with Gasteiger partial charge in [-0.2, -0.15) is 0 Å². The molecule has 12 heteroatoms. The molecule has 2 unspecified atom stereocenters. The molecule has 258 valence electrons. The van der Waals surface area contributed by atoms with Gasteiger partial charge in [-0.15, -0.1) is 0 Å². The number of carbonyl (C=O) groups excluding carboxylic acids is 6. The molecule has 0 radical (unpaired) electrons. The number of primary amides is 1. The van der Waals surface area contributed by atoms with Crippen molar-refractivity contribution in [3.63, 3.8) is 0 Å². The molecule has 2 aliphatic heterocycles. The number of piperidine rings is 2. The first kappa shape index (κ1) is 35.7. The number of likely N-dealkylation sites (tertiary alicyclic amines) is 2. The molecule has 2 heterocycles. The van der Waals surface area contributed by atoms with Crippen LogP contribution in [0.3, 0.4) is 0 Å². The normalized spacial score (nSPS) is 26.1. The maximum atomic E-state index is 14.3. The number of nitrogens with one attached hydrogen (secondary N) is 3. The van der Waals surface area contributed by atoms with E-state index in [1.807, 2.05) is 41.5 Å². The maximum Gasteiger partial charge on any atom is 0.316 e. The Morgan fingerprint density at radius 1 is 0.804 bits per heavy atom. The van der Waals surface area contributed by atoms with E-state index in [9.17, 15) is 28.8 Å². The van der Waals surface area contributed by atoms with Crippen LogP contribution in [0.25, 0.3) is 0 Å². The fourth-order valence-corrected chi connectivity index (χ4v) is 7.60. The van der Waals surface area contributed by atoms with Crippen LogP contribution in [0.5, 0.6) is 0 Å². The van der Waals surface area contributed by atoms with E-state index in [4.69, 9.17) is 5.73 Å². The summed E-state index contributed by atoms with van der Waals surface area (Å²) in [4.78, 5) is 83.2. The number of hydrogen-bond donors (Lipinski definition) is 4. The number of nitrogens with zero attached hydrogens (tertiary/aromatic N) is 2. The number of urea groups is 1. The Kier molecular flexibility index (Phi) is 10.2. The third kappa shape index (κ3) is 7.51. The summed E-state index contributed by atoms with van der Waals surface area (Å²) in [6.45, 7) is 17.0.